The minimum absolute atomic E-state index is 0.576. The number of nitrogens with zero attached hydrogens (tertiary/aromatic N) is 4. The van der Waals surface area contributed by atoms with Crippen molar-refractivity contribution in [2.24, 2.45) is 5.92 Å². The first kappa shape index (κ1) is 29.7. The van der Waals surface area contributed by atoms with Gasteiger partial charge in [-0.2, -0.15) is 0 Å². The Morgan fingerprint density at radius 3 is 2.52 bits per heavy atom. The number of imidazole rings is 1. The van der Waals surface area contributed by atoms with Crippen molar-refractivity contribution >= 4 is 38.4 Å². The van der Waals surface area contributed by atoms with E-state index in [1.165, 1.54) is 46.6 Å². The molecule has 0 unspecified atom stereocenters. The molecule has 0 amide bonds. The Labute approximate surface area is 242 Å². The summed E-state index contributed by atoms with van der Waals surface area (Å²) in [5.74, 6) is 3.01. The average molecular weight is 573 g/mol. The Balaban J connectivity index is 1.25. The molecular weight excluding hydrogens is 524 g/mol. The fourth-order valence-corrected chi connectivity index (χ4v) is 7.40. The summed E-state index contributed by atoms with van der Waals surface area (Å²) in [6.07, 6.45) is 8.06. The number of hydrogen-bond acceptors (Lipinski definition) is 9. The number of rotatable bonds is 15. The fraction of sp³-hybridized carbons (Fsp3) is 0.733. The molecule has 222 valence electrons. The summed E-state index contributed by atoms with van der Waals surface area (Å²) in [5, 5.41) is 3.50. The number of aromatic nitrogens is 3. The standard InChI is InChI=1S/C30H48N6O3S/c1-3-4-5-26-34-27-28(29-24(33-30(27)31)20-25(40-29)23-6-10-32-11-7-23)36(26)21-22-8-12-35(13-9-22)14-15-38-18-19-39-17-16-37-2/h20,22-23,32H,3-19,21H2,1-2H3,(H2,31,33). The highest BCUT2D eigenvalue weighted by Gasteiger charge is 2.25. The molecule has 40 heavy (non-hydrogen) atoms. The monoisotopic (exact) mass is 572 g/mol. The van der Waals surface area contributed by atoms with Crippen molar-refractivity contribution in [1.29, 1.82) is 0 Å². The Kier molecular flexibility index (Phi) is 11.0. The lowest BCUT2D eigenvalue weighted by Gasteiger charge is -2.32. The average Bonchev–Trinajstić information content (AvgIpc) is 3.56. The van der Waals surface area contributed by atoms with Gasteiger partial charge in [-0.3, -0.25) is 0 Å². The van der Waals surface area contributed by atoms with Crippen LogP contribution in [0.15, 0.2) is 6.07 Å². The molecule has 0 aromatic carbocycles. The molecule has 3 N–H and O–H groups in total. The van der Waals surface area contributed by atoms with Gasteiger partial charge in [0.25, 0.3) is 0 Å². The van der Waals surface area contributed by atoms with E-state index in [1.54, 1.807) is 7.11 Å². The molecule has 3 aromatic heterocycles. The number of pyridine rings is 1. The second-order valence-corrected chi connectivity index (χ2v) is 12.4. The van der Waals surface area contributed by atoms with Crippen molar-refractivity contribution in [1.82, 2.24) is 24.8 Å². The molecule has 3 aromatic rings. The third-order valence-electron chi connectivity index (χ3n) is 8.48. The predicted molar refractivity (Wildman–Crippen MR) is 163 cm³/mol. The summed E-state index contributed by atoms with van der Waals surface area (Å²) in [6.45, 7) is 12.0. The number of hydrogen-bond donors (Lipinski definition) is 2. The van der Waals surface area contributed by atoms with Gasteiger partial charge in [-0.05, 0) is 76.2 Å². The first-order valence-corrected chi connectivity index (χ1v) is 16.1. The topological polar surface area (TPSA) is 99.7 Å². The maximum Gasteiger partial charge on any atom is 0.152 e. The molecule has 2 aliphatic rings. The molecule has 2 fully saturated rings. The van der Waals surface area contributed by atoms with E-state index in [4.69, 9.17) is 29.9 Å². The van der Waals surface area contributed by atoms with Gasteiger partial charge in [0.05, 0.1) is 48.8 Å². The molecule has 0 radical (unpaired) electrons. The number of piperidine rings is 2. The molecule has 0 bridgehead atoms. The van der Waals surface area contributed by atoms with Crippen LogP contribution in [0.5, 0.6) is 0 Å². The Morgan fingerprint density at radius 2 is 1.77 bits per heavy atom. The van der Waals surface area contributed by atoms with E-state index in [9.17, 15) is 0 Å². The van der Waals surface area contributed by atoms with E-state index in [0.717, 1.165) is 76.2 Å². The summed E-state index contributed by atoms with van der Waals surface area (Å²) in [6, 6.07) is 2.31. The summed E-state index contributed by atoms with van der Waals surface area (Å²) in [4.78, 5) is 13.9. The van der Waals surface area contributed by atoms with Gasteiger partial charge in [0.15, 0.2) is 5.82 Å². The molecule has 10 heteroatoms. The molecule has 5 heterocycles. The summed E-state index contributed by atoms with van der Waals surface area (Å²) >= 11 is 1.93. The SMILES string of the molecule is CCCCc1nc2c(N)nc3cc(C4CCNCC4)sc3c2n1CC1CCN(CCOCCOCCOC)CC1. The molecule has 0 saturated carbocycles. The van der Waals surface area contributed by atoms with Gasteiger partial charge in [0.2, 0.25) is 0 Å². The zero-order chi connectivity index (χ0) is 27.7. The number of ether oxygens (including phenoxy) is 3. The van der Waals surface area contributed by atoms with Crippen LogP contribution in [0.2, 0.25) is 0 Å². The van der Waals surface area contributed by atoms with Gasteiger partial charge in [0, 0.05) is 31.5 Å². The van der Waals surface area contributed by atoms with Crippen LogP contribution in [0, 0.1) is 5.92 Å². The van der Waals surface area contributed by atoms with Crippen LogP contribution in [-0.2, 0) is 27.2 Å². The van der Waals surface area contributed by atoms with E-state index >= 15 is 0 Å². The van der Waals surface area contributed by atoms with Crippen LogP contribution < -0.4 is 11.1 Å². The van der Waals surface area contributed by atoms with Crippen LogP contribution in [-0.4, -0.2) is 92.3 Å². The number of nitrogens with one attached hydrogen (secondary N) is 1. The zero-order valence-corrected chi connectivity index (χ0v) is 25.3. The van der Waals surface area contributed by atoms with Crippen LogP contribution >= 0.6 is 11.3 Å². The Hall–Kier alpha value is -1.82. The highest BCUT2D eigenvalue weighted by molar-refractivity contribution is 7.20. The van der Waals surface area contributed by atoms with Crippen LogP contribution in [0.1, 0.15) is 62.1 Å². The lowest BCUT2D eigenvalue weighted by Crippen LogP contribution is -2.37. The number of nitrogen functional groups attached to an aromatic ring is 1. The molecule has 0 aliphatic carbocycles. The number of anilines is 1. The van der Waals surface area contributed by atoms with Gasteiger partial charge in [0.1, 0.15) is 11.3 Å². The van der Waals surface area contributed by atoms with Gasteiger partial charge >= 0.3 is 0 Å². The third kappa shape index (κ3) is 7.33. The fourth-order valence-electron chi connectivity index (χ4n) is 6.08. The first-order chi connectivity index (χ1) is 19.7. The number of aryl methyl sites for hydroxylation is 1. The minimum atomic E-state index is 0.576. The number of thiophene rings is 1. The second kappa shape index (κ2) is 14.9. The van der Waals surface area contributed by atoms with Crippen molar-refractivity contribution in [2.75, 3.05) is 78.6 Å². The van der Waals surface area contributed by atoms with Crippen molar-refractivity contribution < 1.29 is 14.2 Å². The van der Waals surface area contributed by atoms with Crippen molar-refractivity contribution in [2.45, 2.75) is 64.3 Å². The van der Waals surface area contributed by atoms with Crippen LogP contribution in [0.3, 0.4) is 0 Å². The molecule has 2 saturated heterocycles. The summed E-state index contributed by atoms with van der Waals surface area (Å²) < 4.78 is 20.1. The molecular formula is C30H48N6O3S. The van der Waals surface area contributed by atoms with E-state index in [-0.39, 0.29) is 0 Å². The zero-order valence-electron chi connectivity index (χ0n) is 24.5. The highest BCUT2D eigenvalue weighted by atomic mass is 32.1. The smallest absolute Gasteiger partial charge is 0.152 e. The van der Waals surface area contributed by atoms with Crippen LogP contribution in [0.25, 0.3) is 21.3 Å². The maximum absolute atomic E-state index is 6.55. The molecule has 0 spiro atoms. The van der Waals surface area contributed by atoms with E-state index < -0.39 is 0 Å². The molecule has 9 nitrogen and oxygen atoms in total. The molecule has 5 rings (SSSR count). The number of unbranched alkanes of at least 4 members (excludes halogenated alkanes) is 1. The molecule has 2 aliphatic heterocycles. The van der Waals surface area contributed by atoms with Gasteiger partial charge in [-0.25, -0.2) is 9.97 Å². The van der Waals surface area contributed by atoms with E-state index in [0.29, 0.717) is 44.1 Å². The number of nitrogens with two attached hydrogens (primary N) is 1. The lowest BCUT2D eigenvalue weighted by molar-refractivity contribution is 0.0171. The lowest BCUT2D eigenvalue weighted by atomic mass is 9.96. The molecule has 0 atom stereocenters. The van der Waals surface area contributed by atoms with Crippen molar-refractivity contribution in [3.05, 3.63) is 16.8 Å². The van der Waals surface area contributed by atoms with Crippen LogP contribution in [0.4, 0.5) is 5.82 Å². The minimum Gasteiger partial charge on any atom is -0.382 e. The Morgan fingerprint density at radius 1 is 1.02 bits per heavy atom. The van der Waals surface area contributed by atoms with E-state index in [2.05, 4.69) is 27.8 Å². The first-order valence-electron chi connectivity index (χ1n) is 15.3. The normalized spacial score (nSPS) is 17.9. The van der Waals surface area contributed by atoms with Crippen molar-refractivity contribution in [3.63, 3.8) is 0 Å². The summed E-state index contributed by atoms with van der Waals surface area (Å²) in [7, 11) is 1.69. The quantitative estimate of drug-likeness (QED) is 0.258. The van der Waals surface area contributed by atoms with Gasteiger partial charge in [-0.1, -0.05) is 13.3 Å². The van der Waals surface area contributed by atoms with Crippen molar-refractivity contribution in [3.8, 4) is 0 Å². The highest BCUT2D eigenvalue weighted by Crippen LogP contribution is 2.40. The Bertz CT molecular complexity index is 1200. The number of fused-ring (bicyclic) bond motifs is 3. The van der Waals surface area contributed by atoms with E-state index in [1.807, 2.05) is 11.3 Å². The predicted octanol–water partition coefficient (Wildman–Crippen LogP) is 4.43. The number of likely N-dealkylation sites (tertiary alicyclic amines) is 1. The maximum atomic E-state index is 6.55. The van der Waals surface area contributed by atoms with Gasteiger partial charge in [-0.15, -0.1) is 11.3 Å². The van der Waals surface area contributed by atoms with Gasteiger partial charge < -0.3 is 34.7 Å². The largest absolute Gasteiger partial charge is 0.382 e. The second-order valence-electron chi connectivity index (χ2n) is 11.3. The number of methoxy groups -OCH3 is 1. The third-order valence-corrected chi connectivity index (χ3v) is 9.77. The summed E-state index contributed by atoms with van der Waals surface area (Å²) in [5.41, 5.74) is 9.72.